The molecule has 0 aromatic heterocycles. The van der Waals surface area contributed by atoms with Crippen molar-refractivity contribution in [3.05, 3.63) is 0 Å². The van der Waals surface area contributed by atoms with Crippen LogP contribution in [0.15, 0.2) is 0 Å². The molecule has 7 heteroatoms. The first kappa shape index (κ1) is 17.3. The molecule has 1 heterocycles. The number of aliphatic hydroxyl groups is 6. The third-order valence-corrected chi connectivity index (χ3v) is 9.56. The molecule has 0 amide bonds. The van der Waals surface area contributed by atoms with Crippen molar-refractivity contribution in [2.24, 2.45) is 0 Å². The molecule has 6 N–H and O–H groups in total. The summed E-state index contributed by atoms with van der Waals surface area (Å²) in [7, 11) is 0. The summed E-state index contributed by atoms with van der Waals surface area (Å²) in [6, 6.07) is 0. The van der Waals surface area contributed by atoms with Crippen molar-refractivity contribution in [2.75, 3.05) is 13.2 Å². The number of hydrogen-bond acceptors (Lipinski definition) is 6. The van der Waals surface area contributed by atoms with Crippen LogP contribution < -0.4 is 0 Å². The van der Waals surface area contributed by atoms with E-state index in [2.05, 4.69) is 0 Å². The second-order valence-electron chi connectivity index (χ2n) is 5.11. The van der Waals surface area contributed by atoms with Crippen molar-refractivity contribution >= 4 is 13.9 Å². The Morgan fingerprint density at radius 1 is 1.05 bits per heavy atom. The van der Waals surface area contributed by atoms with E-state index in [1.54, 1.807) is 0 Å². The second-order valence-corrected chi connectivity index (χ2v) is 10.2. The molecule has 6 nitrogen and oxygen atoms in total. The van der Waals surface area contributed by atoms with Gasteiger partial charge in [0.15, 0.2) is 0 Å². The Hall–Kier alpha value is 0.279. The molecular weight excluding hydrogens is 319 g/mol. The van der Waals surface area contributed by atoms with Gasteiger partial charge in [0.2, 0.25) is 0 Å². The van der Waals surface area contributed by atoms with Crippen molar-refractivity contribution in [3.8, 4) is 0 Å². The van der Waals surface area contributed by atoms with E-state index in [9.17, 15) is 25.5 Å². The molecule has 114 valence electrons. The van der Waals surface area contributed by atoms with Crippen LogP contribution in [0.25, 0.3) is 0 Å². The standard InChI is InChI=1S/C12H25O6Se/c13-4-10-3-9(16)7-19(10)6-8(15)1-2-11(17)12(18)5-14/h8-18H,1-7H2/q+1. The van der Waals surface area contributed by atoms with Crippen molar-refractivity contribution in [1.82, 2.24) is 0 Å². The molecule has 1 aliphatic heterocycles. The van der Waals surface area contributed by atoms with Gasteiger partial charge in [-0.3, -0.25) is 0 Å². The van der Waals surface area contributed by atoms with Crippen LogP contribution in [-0.2, 0) is 0 Å². The normalized spacial score (nSPS) is 32.2. The fourth-order valence-corrected chi connectivity index (χ4v) is 7.90. The summed E-state index contributed by atoms with van der Waals surface area (Å²) >= 11 is -1.21. The molecule has 0 aliphatic carbocycles. The van der Waals surface area contributed by atoms with E-state index >= 15 is 0 Å². The molecule has 1 saturated heterocycles. The zero-order chi connectivity index (χ0) is 14.4. The maximum atomic E-state index is 9.93. The van der Waals surface area contributed by atoms with Crippen LogP contribution in [0.1, 0.15) is 19.3 Å². The van der Waals surface area contributed by atoms with Crippen molar-refractivity contribution in [3.63, 3.8) is 0 Å². The molecule has 0 aromatic rings. The van der Waals surface area contributed by atoms with Crippen LogP contribution in [0, 0.1) is 0 Å². The third-order valence-electron chi connectivity index (χ3n) is 3.45. The molecule has 0 saturated carbocycles. The summed E-state index contributed by atoms with van der Waals surface area (Å²) in [6.07, 6.45) is -1.91. The van der Waals surface area contributed by atoms with E-state index in [4.69, 9.17) is 5.11 Å². The SMILES string of the molecule is OCC(O)C(O)CCC(O)C[Se+]1CC(O)CC1CO. The minimum atomic E-state index is -1.21. The first-order valence-electron chi connectivity index (χ1n) is 6.58. The summed E-state index contributed by atoms with van der Waals surface area (Å²) in [5, 5.41) is 57.4. The predicted octanol–water partition coefficient (Wildman–Crippen LogP) is -1.54. The zero-order valence-electron chi connectivity index (χ0n) is 10.9. The average molecular weight is 344 g/mol. The molecule has 1 fully saturated rings. The second kappa shape index (κ2) is 8.54. The molecule has 0 bridgehead atoms. The molecular formula is C12H25O6Se+. The first-order chi connectivity index (χ1) is 8.97. The van der Waals surface area contributed by atoms with Gasteiger partial charge in [-0.05, 0) is 0 Å². The van der Waals surface area contributed by atoms with Crippen LogP contribution in [0.2, 0.25) is 15.5 Å². The Kier molecular flexibility index (Phi) is 7.79. The zero-order valence-corrected chi connectivity index (χ0v) is 12.6. The van der Waals surface area contributed by atoms with Crippen LogP contribution in [-0.4, -0.2) is 82.2 Å². The van der Waals surface area contributed by atoms with Gasteiger partial charge in [-0.2, -0.15) is 0 Å². The van der Waals surface area contributed by atoms with E-state index in [0.29, 0.717) is 23.5 Å². The molecule has 1 rings (SSSR count). The van der Waals surface area contributed by atoms with Crippen LogP contribution >= 0.6 is 0 Å². The Morgan fingerprint density at radius 2 is 1.74 bits per heavy atom. The van der Waals surface area contributed by atoms with E-state index in [1.807, 2.05) is 0 Å². The maximum absolute atomic E-state index is 9.93. The van der Waals surface area contributed by atoms with E-state index in [1.165, 1.54) is 0 Å². The van der Waals surface area contributed by atoms with Gasteiger partial charge in [-0.25, -0.2) is 0 Å². The molecule has 0 aromatic carbocycles. The molecule has 0 radical (unpaired) electrons. The fourth-order valence-electron chi connectivity index (χ4n) is 2.28. The van der Waals surface area contributed by atoms with Gasteiger partial charge in [-0.1, -0.05) is 0 Å². The Labute approximate surface area is 117 Å². The molecule has 19 heavy (non-hydrogen) atoms. The van der Waals surface area contributed by atoms with Crippen LogP contribution in [0.4, 0.5) is 0 Å². The summed E-state index contributed by atoms with van der Waals surface area (Å²) in [5.74, 6) is 0. The quantitative estimate of drug-likeness (QED) is 0.297. The third kappa shape index (κ3) is 5.65. The van der Waals surface area contributed by atoms with Gasteiger partial charge < -0.3 is 0 Å². The predicted molar refractivity (Wildman–Crippen MR) is 71.2 cm³/mol. The van der Waals surface area contributed by atoms with Crippen molar-refractivity contribution < 1.29 is 30.6 Å². The van der Waals surface area contributed by atoms with E-state index in [0.717, 1.165) is 0 Å². The Balaban J connectivity index is 2.29. The number of aliphatic hydroxyl groups excluding tert-OH is 6. The summed E-state index contributed by atoms with van der Waals surface area (Å²) < 4.78 is 0. The average Bonchev–Trinajstić information content (AvgIpc) is 2.74. The summed E-state index contributed by atoms with van der Waals surface area (Å²) in [4.78, 5) is 0.151. The van der Waals surface area contributed by atoms with Crippen molar-refractivity contribution in [2.45, 2.75) is 59.1 Å². The van der Waals surface area contributed by atoms with Crippen LogP contribution in [0.5, 0.6) is 0 Å². The monoisotopic (exact) mass is 345 g/mol. The Morgan fingerprint density at radius 3 is 2.32 bits per heavy atom. The van der Waals surface area contributed by atoms with Gasteiger partial charge in [0, 0.05) is 0 Å². The topological polar surface area (TPSA) is 121 Å². The van der Waals surface area contributed by atoms with Gasteiger partial charge in [0.05, 0.1) is 0 Å². The minimum absolute atomic E-state index is 0.0697. The summed E-state index contributed by atoms with van der Waals surface area (Å²) in [6.45, 7) is -0.424. The van der Waals surface area contributed by atoms with E-state index in [-0.39, 0.29) is 23.9 Å². The van der Waals surface area contributed by atoms with Gasteiger partial charge in [-0.15, -0.1) is 0 Å². The molecule has 6 atom stereocenters. The molecule has 6 unspecified atom stereocenters. The molecule has 0 spiro atoms. The Bertz CT molecular complexity index is 254. The van der Waals surface area contributed by atoms with Gasteiger partial charge >= 0.3 is 117 Å². The first-order valence-corrected chi connectivity index (χ1v) is 9.99. The van der Waals surface area contributed by atoms with E-state index < -0.39 is 38.8 Å². The van der Waals surface area contributed by atoms with Gasteiger partial charge in [0.25, 0.3) is 0 Å². The number of hydrogen-bond donors (Lipinski definition) is 6. The summed E-state index contributed by atoms with van der Waals surface area (Å²) in [5.41, 5.74) is 0. The van der Waals surface area contributed by atoms with Gasteiger partial charge in [0.1, 0.15) is 0 Å². The number of rotatable bonds is 8. The van der Waals surface area contributed by atoms with Crippen LogP contribution in [0.3, 0.4) is 0 Å². The fraction of sp³-hybridized carbons (Fsp3) is 1.00. The van der Waals surface area contributed by atoms with Crippen molar-refractivity contribution in [1.29, 1.82) is 0 Å². The molecule has 1 aliphatic rings.